The highest BCUT2D eigenvalue weighted by Crippen LogP contribution is 2.24. The van der Waals surface area contributed by atoms with Gasteiger partial charge in [-0.15, -0.1) is 20.4 Å². The quantitative estimate of drug-likeness (QED) is 0.581. The van der Waals surface area contributed by atoms with Gasteiger partial charge in [-0.05, 0) is 38.1 Å². The number of carbonyl (C=O) groups excluding carboxylic acids is 1. The molecule has 8 nitrogen and oxygen atoms in total. The Kier molecular flexibility index (Phi) is 6.30. The van der Waals surface area contributed by atoms with Gasteiger partial charge in [0.25, 0.3) is 0 Å². The smallest absolute Gasteiger partial charge is 0.239 e. The first-order valence-corrected chi connectivity index (χ1v) is 10.0. The predicted octanol–water partition coefficient (Wildman–Crippen LogP) is 3.33. The van der Waals surface area contributed by atoms with Crippen molar-refractivity contribution >= 4 is 45.7 Å². The van der Waals surface area contributed by atoms with Crippen molar-refractivity contribution in [1.82, 2.24) is 25.0 Å². The third-order valence-corrected chi connectivity index (χ3v) is 5.65. The molecular weight excluding hydrogens is 408 g/mol. The Morgan fingerprint density at radius 2 is 2.04 bits per heavy atom. The maximum Gasteiger partial charge on any atom is 0.239 e. The summed E-state index contributed by atoms with van der Waals surface area (Å²) in [7, 11) is 1.83. The molecule has 0 unspecified atom stereocenters. The number of ether oxygens (including phenoxy) is 1. The van der Waals surface area contributed by atoms with Gasteiger partial charge in [-0.3, -0.25) is 10.1 Å². The average Bonchev–Trinajstić information content (AvgIpc) is 3.20. The maximum atomic E-state index is 12.3. The molecule has 1 aromatic carbocycles. The predicted molar refractivity (Wildman–Crippen MR) is 105 cm³/mol. The van der Waals surface area contributed by atoms with Crippen LogP contribution in [0, 0.1) is 6.92 Å². The van der Waals surface area contributed by atoms with E-state index in [0.29, 0.717) is 26.9 Å². The van der Waals surface area contributed by atoms with Crippen LogP contribution in [0.5, 0.6) is 5.75 Å². The van der Waals surface area contributed by atoms with E-state index in [1.54, 1.807) is 35.8 Å². The molecule has 0 fully saturated rings. The number of halogens is 1. The van der Waals surface area contributed by atoms with Gasteiger partial charge < -0.3 is 9.30 Å². The van der Waals surface area contributed by atoms with Crippen LogP contribution in [0.15, 0.2) is 29.4 Å². The van der Waals surface area contributed by atoms with Crippen molar-refractivity contribution in [2.45, 2.75) is 30.9 Å². The maximum absolute atomic E-state index is 12.3. The van der Waals surface area contributed by atoms with Crippen LogP contribution >= 0.6 is 34.7 Å². The van der Waals surface area contributed by atoms with Crippen molar-refractivity contribution in [3.8, 4) is 5.75 Å². The van der Waals surface area contributed by atoms with Gasteiger partial charge in [0.15, 0.2) is 11.0 Å². The summed E-state index contributed by atoms with van der Waals surface area (Å²) in [6.07, 6.45) is 0. The van der Waals surface area contributed by atoms with Crippen LogP contribution in [0.3, 0.4) is 0 Å². The number of thioether (sulfide) groups is 1. The molecule has 0 bridgehead atoms. The fourth-order valence-electron chi connectivity index (χ4n) is 2.02. The fraction of sp³-hybridized carbons (Fsp3) is 0.312. The van der Waals surface area contributed by atoms with Crippen LogP contribution < -0.4 is 10.1 Å². The molecule has 27 heavy (non-hydrogen) atoms. The van der Waals surface area contributed by atoms with E-state index < -0.39 is 0 Å². The highest BCUT2D eigenvalue weighted by Gasteiger charge is 2.20. The molecule has 0 aliphatic carbocycles. The Morgan fingerprint density at radius 1 is 1.30 bits per heavy atom. The van der Waals surface area contributed by atoms with Crippen LogP contribution in [0.1, 0.15) is 17.8 Å². The highest BCUT2D eigenvalue weighted by atomic mass is 35.5. The van der Waals surface area contributed by atoms with Crippen molar-refractivity contribution in [2.24, 2.45) is 7.05 Å². The van der Waals surface area contributed by atoms with E-state index in [9.17, 15) is 4.79 Å². The molecule has 0 aliphatic rings. The van der Waals surface area contributed by atoms with E-state index >= 15 is 0 Å². The molecule has 0 aliphatic heterocycles. The third-order valence-electron chi connectivity index (χ3n) is 3.51. The molecule has 2 aromatic heterocycles. The van der Waals surface area contributed by atoms with Crippen LogP contribution in [0.25, 0.3) is 0 Å². The van der Waals surface area contributed by atoms with Crippen molar-refractivity contribution in [3.63, 3.8) is 0 Å². The summed E-state index contributed by atoms with van der Waals surface area (Å²) in [6, 6.07) is 7.09. The summed E-state index contributed by atoms with van der Waals surface area (Å²) >= 11 is 8.50. The minimum absolute atomic E-state index is 0.168. The van der Waals surface area contributed by atoms with Crippen LogP contribution in [-0.4, -0.2) is 36.1 Å². The molecule has 1 N–H and O–H groups in total. The summed E-state index contributed by atoms with van der Waals surface area (Å²) in [5.41, 5.74) is 0. The Hall–Kier alpha value is -2.17. The van der Waals surface area contributed by atoms with E-state index in [2.05, 4.69) is 25.7 Å². The number of hydrogen-bond donors (Lipinski definition) is 1. The number of nitrogens with zero attached hydrogens (tertiary/aromatic N) is 5. The van der Waals surface area contributed by atoms with Crippen LogP contribution in [0.4, 0.5) is 5.13 Å². The topological polar surface area (TPSA) is 94.8 Å². The Labute approximate surface area is 169 Å². The van der Waals surface area contributed by atoms with Gasteiger partial charge in [-0.2, -0.15) is 0 Å². The van der Waals surface area contributed by atoms with Gasteiger partial charge in [0.1, 0.15) is 17.4 Å². The Morgan fingerprint density at radius 3 is 2.70 bits per heavy atom. The number of rotatable bonds is 7. The molecule has 0 saturated carbocycles. The zero-order valence-electron chi connectivity index (χ0n) is 14.8. The molecule has 0 radical (unpaired) electrons. The molecule has 1 atom stereocenters. The molecular formula is C16H17ClN6O2S2. The number of nitrogens with one attached hydrogen (secondary N) is 1. The van der Waals surface area contributed by atoms with Crippen LogP contribution in [-0.2, 0) is 18.4 Å². The van der Waals surface area contributed by atoms with E-state index in [1.165, 1.54) is 23.1 Å². The molecule has 3 aromatic rings. The van der Waals surface area contributed by atoms with Gasteiger partial charge in [0.2, 0.25) is 11.0 Å². The average molecular weight is 425 g/mol. The summed E-state index contributed by atoms with van der Waals surface area (Å²) < 4.78 is 7.50. The monoisotopic (exact) mass is 424 g/mol. The lowest BCUT2D eigenvalue weighted by atomic mass is 10.3. The summed E-state index contributed by atoms with van der Waals surface area (Å²) in [6.45, 7) is 3.89. The van der Waals surface area contributed by atoms with Crippen molar-refractivity contribution in [2.75, 3.05) is 5.32 Å². The van der Waals surface area contributed by atoms with E-state index in [4.69, 9.17) is 16.3 Å². The minimum atomic E-state index is -0.373. The van der Waals surface area contributed by atoms with Gasteiger partial charge in [-0.1, -0.05) is 34.7 Å². The second-order valence-electron chi connectivity index (χ2n) is 5.58. The normalized spacial score (nSPS) is 12.0. The van der Waals surface area contributed by atoms with Crippen molar-refractivity contribution in [1.29, 1.82) is 0 Å². The summed E-state index contributed by atoms with van der Waals surface area (Å²) in [5.74, 6) is 1.18. The number of aryl methyl sites for hydroxylation is 1. The number of benzene rings is 1. The molecule has 0 spiro atoms. The van der Waals surface area contributed by atoms with Crippen LogP contribution in [0.2, 0.25) is 5.02 Å². The molecule has 2 heterocycles. The summed E-state index contributed by atoms with van der Waals surface area (Å²) in [4.78, 5) is 12.3. The lowest BCUT2D eigenvalue weighted by Gasteiger charge is -2.10. The second kappa shape index (κ2) is 8.68. The first-order valence-electron chi connectivity index (χ1n) is 7.96. The first-order chi connectivity index (χ1) is 12.9. The lowest BCUT2D eigenvalue weighted by Crippen LogP contribution is -2.22. The molecule has 3 rings (SSSR count). The SMILES string of the molecule is Cc1nnc(NC(=O)[C@@H](C)Sc2nnc(COc3ccc(Cl)cc3)n2C)s1. The van der Waals surface area contributed by atoms with E-state index in [0.717, 1.165) is 5.01 Å². The molecule has 11 heteroatoms. The van der Waals surface area contributed by atoms with Gasteiger partial charge in [0.05, 0.1) is 5.25 Å². The number of anilines is 1. The van der Waals surface area contributed by atoms with Gasteiger partial charge in [0, 0.05) is 12.1 Å². The number of aromatic nitrogens is 5. The number of amides is 1. The third kappa shape index (κ3) is 5.18. The fourth-order valence-corrected chi connectivity index (χ4v) is 3.57. The van der Waals surface area contributed by atoms with Gasteiger partial charge >= 0.3 is 0 Å². The molecule has 0 saturated heterocycles. The first kappa shape index (κ1) is 19.6. The number of carbonyl (C=O) groups is 1. The standard InChI is InChI=1S/C16H17ClN6O2S2/c1-9(14(24)18-15-21-19-10(2)27-15)26-16-22-20-13(23(16)3)8-25-12-6-4-11(17)5-7-12/h4-7,9H,8H2,1-3H3,(H,18,21,24)/t9-/m1/s1. The van der Waals surface area contributed by atoms with E-state index in [1.807, 2.05) is 14.0 Å². The van der Waals surface area contributed by atoms with Crippen molar-refractivity contribution in [3.05, 3.63) is 40.1 Å². The van der Waals surface area contributed by atoms with Crippen molar-refractivity contribution < 1.29 is 9.53 Å². The molecule has 1 amide bonds. The van der Waals surface area contributed by atoms with E-state index in [-0.39, 0.29) is 17.8 Å². The highest BCUT2D eigenvalue weighted by molar-refractivity contribution is 8.00. The lowest BCUT2D eigenvalue weighted by molar-refractivity contribution is -0.115. The zero-order chi connectivity index (χ0) is 19.4. The Balaban J connectivity index is 1.57. The summed E-state index contributed by atoms with van der Waals surface area (Å²) in [5, 5.41) is 21.0. The van der Waals surface area contributed by atoms with Gasteiger partial charge in [-0.25, -0.2) is 0 Å². The zero-order valence-corrected chi connectivity index (χ0v) is 17.2. The largest absolute Gasteiger partial charge is 0.486 e. The Bertz CT molecular complexity index is 927. The minimum Gasteiger partial charge on any atom is -0.486 e. The molecule has 142 valence electrons. The number of hydrogen-bond acceptors (Lipinski definition) is 8. The second-order valence-corrected chi connectivity index (χ2v) is 8.50.